The molecule has 0 fully saturated rings. The Morgan fingerprint density at radius 2 is 2.12 bits per heavy atom. The smallest absolute Gasteiger partial charge is 0.166 e. The van der Waals surface area contributed by atoms with Crippen LogP contribution < -0.4 is 5.32 Å². The number of aromatic hydroxyl groups is 1. The first-order chi connectivity index (χ1) is 8.16. The van der Waals surface area contributed by atoms with Gasteiger partial charge in [0.05, 0.1) is 11.7 Å². The minimum absolute atomic E-state index is 0.0276. The van der Waals surface area contributed by atoms with Crippen LogP contribution in [0.2, 0.25) is 0 Å². The number of nitrogens with zero attached hydrogens (tertiary/aromatic N) is 1. The summed E-state index contributed by atoms with van der Waals surface area (Å²) in [6.45, 7) is 1.94. The average molecular weight is 232 g/mol. The molecule has 0 saturated heterocycles. The molecule has 0 amide bonds. The van der Waals surface area contributed by atoms with E-state index in [0.717, 1.165) is 5.69 Å². The first kappa shape index (κ1) is 11.4. The number of aromatic nitrogens is 1. The highest BCUT2D eigenvalue weighted by Crippen LogP contribution is 2.22. The van der Waals surface area contributed by atoms with Gasteiger partial charge in [0.25, 0.3) is 0 Å². The zero-order chi connectivity index (χ0) is 12.3. The van der Waals surface area contributed by atoms with E-state index in [-0.39, 0.29) is 11.8 Å². The lowest BCUT2D eigenvalue weighted by Gasteiger charge is -2.14. The molecule has 4 heteroatoms. The van der Waals surface area contributed by atoms with Crippen molar-refractivity contribution in [1.29, 1.82) is 0 Å². The molecule has 1 unspecified atom stereocenters. The van der Waals surface area contributed by atoms with Gasteiger partial charge in [-0.15, -0.1) is 0 Å². The van der Waals surface area contributed by atoms with E-state index in [2.05, 4.69) is 10.3 Å². The molecule has 0 aliphatic heterocycles. The maximum atomic E-state index is 13.1. The van der Waals surface area contributed by atoms with E-state index in [1.807, 2.05) is 25.1 Å². The van der Waals surface area contributed by atoms with Crippen molar-refractivity contribution >= 4 is 5.69 Å². The largest absolute Gasteiger partial charge is 0.505 e. The molecule has 0 aliphatic carbocycles. The monoisotopic (exact) mass is 232 g/mol. The van der Waals surface area contributed by atoms with Gasteiger partial charge in [0, 0.05) is 18.0 Å². The summed E-state index contributed by atoms with van der Waals surface area (Å²) in [5.41, 5.74) is 1.49. The van der Waals surface area contributed by atoms with Gasteiger partial charge in [-0.2, -0.15) is 0 Å². The Hall–Kier alpha value is -2.10. The Labute approximate surface area is 98.9 Å². The van der Waals surface area contributed by atoms with Gasteiger partial charge < -0.3 is 10.4 Å². The SMILES string of the molecule is CC(Nc1ccc(O)c(F)c1)c1ccccn1. The van der Waals surface area contributed by atoms with Crippen LogP contribution in [0, 0.1) is 5.82 Å². The Kier molecular flexibility index (Phi) is 3.23. The molecular formula is C13H13FN2O. The lowest BCUT2D eigenvalue weighted by atomic mass is 10.2. The van der Waals surface area contributed by atoms with Crippen molar-refractivity contribution in [2.24, 2.45) is 0 Å². The molecule has 0 aliphatic rings. The fourth-order valence-electron chi connectivity index (χ4n) is 1.55. The van der Waals surface area contributed by atoms with Gasteiger partial charge in [0.1, 0.15) is 0 Å². The highest BCUT2D eigenvalue weighted by molar-refractivity contribution is 5.48. The van der Waals surface area contributed by atoms with Crippen LogP contribution in [-0.2, 0) is 0 Å². The van der Waals surface area contributed by atoms with Crippen molar-refractivity contribution in [2.45, 2.75) is 13.0 Å². The number of hydrogen-bond donors (Lipinski definition) is 2. The summed E-state index contributed by atoms with van der Waals surface area (Å²) in [5.74, 6) is -0.982. The van der Waals surface area contributed by atoms with Crippen LogP contribution in [-0.4, -0.2) is 10.1 Å². The van der Waals surface area contributed by atoms with Crippen molar-refractivity contribution < 1.29 is 9.50 Å². The second-order valence-corrected chi connectivity index (χ2v) is 3.79. The van der Waals surface area contributed by atoms with Gasteiger partial charge in [0.15, 0.2) is 11.6 Å². The summed E-state index contributed by atoms with van der Waals surface area (Å²) in [5, 5.41) is 12.2. The van der Waals surface area contributed by atoms with Crippen molar-refractivity contribution in [1.82, 2.24) is 4.98 Å². The Bertz CT molecular complexity index is 502. The molecule has 2 aromatic rings. The van der Waals surface area contributed by atoms with E-state index in [9.17, 15) is 4.39 Å². The van der Waals surface area contributed by atoms with E-state index in [1.54, 1.807) is 12.3 Å². The van der Waals surface area contributed by atoms with E-state index in [1.165, 1.54) is 12.1 Å². The van der Waals surface area contributed by atoms with Gasteiger partial charge in [-0.05, 0) is 31.2 Å². The molecule has 0 bridgehead atoms. The van der Waals surface area contributed by atoms with Crippen LogP contribution in [0.5, 0.6) is 5.75 Å². The summed E-state index contributed by atoms with van der Waals surface area (Å²) in [6.07, 6.45) is 1.71. The lowest BCUT2D eigenvalue weighted by molar-refractivity contribution is 0.432. The third kappa shape index (κ3) is 2.72. The maximum absolute atomic E-state index is 13.1. The molecule has 1 aromatic heterocycles. The van der Waals surface area contributed by atoms with Gasteiger partial charge in [-0.25, -0.2) is 4.39 Å². The molecule has 88 valence electrons. The predicted molar refractivity (Wildman–Crippen MR) is 64.3 cm³/mol. The second kappa shape index (κ2) is 4.82. The number of hydrogen-bond acceptors (Lipinski definition) is 3. The molecule has 0 spiro atoms. The second-order valence-electron chi connectivity index (χ2n) is 3.79. The Morgan fingerprint density at radius 1 is 1.29 bits per heavy atom. The van der Waals surface area contributed by atoms with Crippen LogP contribution in [0.4, 0.5) is 10.1 Å². The van der Waals surface area contributed by atoms with Crippen molar-refractivity contribution in [3.63, 3.8) is 0 Å². The Balaban J connectivity index is 2.13. The maximum Gasteiger partial charge on any atom is 0.166 e. The van der Waals surface area contributed by atoms with Crippen LogP contribution in [0.3, 0.4) is 0 Å². The van der Waals surface area contributed by atoms with Crippen LogP contribution in [0.1, 0.15) is 18.7 Å². The number of benzene rings is 1. The number of phenols is 1. The third-order valence-corrected chi connectivity index (χ3v) is 2.46. The topological polar surface area (TPSA) is 45.1 Å². The van der Waals surface area contributed by atoms with Gasteiger partial charge >= 0.3 is 0 Å². The molecule has 1 atom stereocenters. The third-order valence-electron chi connectivity index (χ3n) is 2.46. The number of pyridine rings is 1. The molecule has 1 aromatic carbocycles. The van der Waals surface area contributed by atoms with Crippen molar-refractivity contribution in [3.05, 3.63) is 54.1 Å². The average Bonchev–Trinajstić information content (AvgIpc) is 2.35. The summed E-state index contributed by atoms with van der Waals surface area (Å²) in [6, 6.07) is 9.82. The fraction of sp³-hybridized carbons (Fsp3) is 0.154. The molecule has 0 saturated carbocycles. The molecule has 2 rings (SSSR count). The number of anilines is 1. The highest BCUT2D eigenvalue weighted by Gasteiger charge is 2.07. The van der Waals surface area contributed by atoms with E-state index in [4.69, 9.17) is 5.11 Å². The van der Waals surface area contributed by atoms with Gasteiger partial charge in [-0.3, -0.25) is 4.98 Å². The summed E-state index contributed by atoms with van der Waals surface area (Å²) in [7, 11) is 0. The summed E-state index contributed by atoms with van der Waals surface area (Å²) < 4.78 is 13.1. The van der Waals surface area contributed by atoms with Crippen molar-refractivity contribution in [3.8, 4) is 5.75 Å². The molecular weight excluding hydrogens is 219 g/mol. The van der Waals surface area contributed by atoms with Crippen LogP contribution in [0.25, 0.3) is 0 Å². The van der Waals surface area contributed by atoms with E-state index >= 15 is 0 Å². The predicted octanol–water partition coefficient (Wildman–Crippen LogP) is 3.10. The standard InChI is InChI=1S/C13H13FN2O/c1-9(12-4-2-3-7-15-12)16-10-5-6-13(17)11(14)8-10/h2-9,16-17H,1H3. The minimum Gasteiger partial charge on any atom is -0.505 e. The zero-order valence-electron chi connectivity index (χ0n) is 9.39. The quantitative estimate of drug-likeness (QED) is 0.799. The number of nitrogens with one attached hydrogen (secondary N) is 1. The fourth-order valence-corrected chi connectivity index (χ4v) is 1.55. The van der Waals surface area contributed by atoms with Crippen LogP contribution in [0.15, 0.2) is 42.6 Å². The minimum atomic E-state index is -0.636. The number of phenolic OH excluding ortho intramolecular Hbond substituents is 1. The number of halogens is 1. The van der Waals surface area contributed by atoms with Gasteiger partial charge in [-0.1, -0.05) is 6.07 Å². The summed E-state index contributed by atoms with van der Waals surface area (Å²) in [4.78, 5) is 4.21. The molecule has 17 heavy (non-hydrogen) atoms. The molecule has 2 N–H and O–H groups in total. The van der Waals surface area contributed by atoms with E-state index < -0.39 is 5.82 Å². The zero-order valence-corrected chi connectivity index (χ0v) is 9.39. The molecule has 0 radical (unpaired) electrons. The highest BCUT2D eigenvalue weighted by atomic mass is 19.1. The van der Waals surface area contributed by atoms with E-state index in [0.29, 0.717) is 5.69 Å². The van der Waals surface area contributed by atoms with Crippen LogP contribution >= 0.6 is 0 Å². The Morgan fingerprint density at radius 3 is 2.76 bits per heavy atom. The first-order valence-electron chi connectivity index (χ1n) is 5.33. The van der Waals surface area contributed by atoms with Crippen molar-refractivity contribution in [2.75, 3.05) is 5.32 Å². The number of rotatable bonds is 3. The normalized spacial score (nSPS) is 12.1. The summed E-state index contributed by atoms with van der Waals surface area (Å²) >= 11 is 0. The lowest BCUT2D eigenvalue weighted by Crippen LogP contribution is -2.08. The van der Waals surface area contributed by atoms with Gasteiger partial charge in [0.2, 0.25) is 0 Å². The first-order valence-corrected chi connectivity index (χ1v) is 5.33. The molecule has 1 heterocycles. The molecule has 3 nitrogen and oxygen atoms in total.